The third kappa shape index (κ3) is 9.03. The molecule has 174 valence electrons. The molecule has 0 radical (unpaired) electrons. The van der Waals surface area contributed by atoms with E-state index in [9.17, 15) is 39.6 Å². The van der Waals surface area contributed by atoms with E-state index in [0.717, 1.165) is 0 Å². The Hall–Kier alpha value is -2.28. The summed E-state index contributed by atoms with van der Waals surface area (Å²) >= 11 is 0. The number of aliphatic hydroxyl groups excluding tert-OH is 3. The van der Waals surface area contributed by atoms with Crippen molar-refractivity contribution in [2.75, 3.05) is 0 Å². The number of nitrogens with one attached hydrogen (secondary N) is 3. The van der Waals surface area contributed by atoms with Gasteiger partial charge in [0.15, 0.2) is 0 Å². The standard InChI is InChI=1S/C18H34N4O8/c1-7(2)6-11(18(29)30)20-16(27)13(9(4)24)22-17(28)14(10(5)25)21-15(26)12(19)8(3)23/h7-14,23-25H,6,19H2,1-5H3,(H,20,27)(H,21,26)(H,22,28)(H,29,30). The largest absolute Gasteiger partial charge is 0.480 e. The summed E-state index contributed by atoms with van der Waals surface area (Å²) in [4.78, 5) is 48.4. The van der Waals surface area contributed by atoms with Crippen LogP contribution in [-0.4, -0.2) is 86.6 Å². The number of carbonyl (C=O) groups excluding carboxylic acids is 3. The second kappa shape index (κ2) is 12.4. The monoisotopic (exact) mass is 434 g/mol. The SMILES string of the molecule is CC(C)CC(NC(=O)C(NC(=O)C(NC(=O)C(N)C(C)O)C(C)O)C(C)O)C(=O)O. The van der Waals surface area contributed by atoms with E-state index in [2.05, 4.69) is 16.0 Å². The maximum Gasteiger partial charge on any atom is 0.326 e. The minimum atomic E-state index is -1.55. The fourth-order valence-corrected chi connectivity index (χ4v) is 2.48. The van der Waals surface area contributed by atoms with Crippen LogP contribution in [0, 0.1) is 5.92 Å². The summed E-state index contributed by atoms with van der Waals surface area (Å²) < 4.78 is 0. The number of rotatable bonds is 12. The molecule has 0 aromatic heterocycles. The normalized spacial score (nSPS) is 18.3. The molecule has 0 fully saturated rings. The van der Waals surface area contributed by atoms with Gasteiger partial charge in [0, 0.05) is 0 Å². The third-order valence-corrected chi connectivity index (χ3v) is 4.27. The third-order valence-electron chi connectivity index (χ3n) is 4.27. The van der Waals surface area contributed by atoms with E-state index >= 15 is 0 Å². The molecule has 0 rings (SSSR count). The molecule has 3 amide bonds. The summed E-state index contributed by atoms with van der Waals surface area (Å²) in [6.45, 7) is 7.22. The molecule has 0 aromatic carbocycles. The molecule has 0 heterocycles. The van der Waals surface area contributed by atoms with Crippen molar-refractivity contribution < 1.29 is 39.6 Å². The van der Waals surface area contributed by atoms with Crippen LogP contribution in [0.1, 0.15) is 41.0 Å². The van der Waals surface area contributed by atoms with Gasteiger partial charge < -0.3 is 42.1 Å². The van der Waals surface area contributed by atoms with Gasteiger partial charge in [-0.25, -0.2) is 4.79 Å². The van der Waals surface area contributed by atoms with Gasteiger partial charge in [-0.2, -0.15) is 0 Å². The maximum atomic E-state index is 12.5. The minimum absolute atomic E-state index is 0.0426. The topological polar surface area (TPSA) is 211 Å². The zero-order chi connectivity index (χ0) is 23.8. The molecule has 0 spiro atoms. The van der Waals surface area contributed by atoms with Crippen molar-refractivity contribution in [3.63, 3.8) is 0 Å². The van der Waals surface area contributed by atoms with Crippen molar-refractivity contribution in [1.82, 2.24) is 16.0 Å². The van der Waals surface area contributed by atoms with Crippen molar-refractivity contribution >= 4 is 23.7 Å². The van der Waals surface area contributed by atoms with E-state index in [1.165, 1.54) is 20.8 Å². The Morgan fingerprint density at radius 2 is 1.13 bits per heavy atom. The van der Waals surface area contributed by atoms with Gasteiger partial charge in [0.25, 0.3) is 0 Å². The van der Waals surface area contributed by atoms with Crippen LogP contribution >= 0.6 is 0 Å². The summed E-state index contributed by atoms with van der Waals surface area (Å²) in [6, 6.07) is -5.67. The van der Waals surface area contributed by atoms with Crippen molar-refractivity contribution in [2.45, 2.75) is 83.5 Å². The molecule has 0 saturated heterocycles. The summed E-state index contributed by atoms with van der Waals surface area (Å²) in [7, 11) is 0. The van der Waals surface area contributed by atoms with E-state index in [1.807, 2.05) is 0 Å². The average Bonchev–Trinajstić information content (AvgIpc) is 2.60. The molecular formula is C18H34N4O8. The molecule has 12 nitrogen and oxygen atoms in total. The van der Waals surface area contributed by atoms with Gasteiger partial charge in [-0.05, 0) is 33.1 Å². The zero-order valence-electron chi connectivity index (χ0n) is 17.8. The highest BCUT2D eigenvalue weighted by Gasteiger charge is 2.34. The van der Waals surface area contributed by atoms with Crippen molar-refractivity contribution in [2.24, 2.45) is 11.7 Å². The Balaban J connectivity index is 5.37. The van der Waals surface area contributed by atoms with Gasteiger partial charge in [-0.1, -0.05) is 13.8 Å². The Labute approximate surface area is 175 Å². The van der Waals surface area contributed by atoms with Gasteiger partial charge in [0.2, 0.25) is 17.7 Å². The van der Waals surface area contributed by atoms with Gasteiger partial charge in [-0.15, -0.1) is 0 Å². The van der Waals surface area contributed by atoms with Crippen LogP contribution < -0.4 is 21.7 Å². The van der Waals surface area contributed by atoms with Crippen molar-refractivity contribution in [3.05, 3.63) is 0 Å². The molecule has 0 aliphatic rings. The molecular weight excluding hydrogens is 400 g/mol. The van der Waals surface area contributed by atoms with E-state index < -0.39 is 66.2 Å². The molecule has 12 heteroatoms. The first-order valence-corrected chi connectivity index (χ1v) is 9.62. The van der Waals surface area contributed by atoms with E-state index in [4.69, 9.17) is 5.73 Å². The average molecular weight is 434 g/mol. The zero-order valence-corrected chi connectivity index (χ0v) is 17.8. The van der Waals surface area contributed by atoms with E-state index in [0.29, 0.717) is 0 Å². The number of carboxylic acids is 1. The number of carboxylic acid groups (broad SMARTS) is 1. The molecule has 0 saturated carbocycles. The Morgan fingerprint density at radius 1 is 0.733 bits per heavy atom. The van der Waals surface area contributed by atoms with Crippen LogP contribution in [0.3, 0.4) is 0 Å². The van der Waals surface area contributed by atoms with E-state index in [1.54, 1.807) is 13.8 Å². The van der Waals surface area contributed by atoms with Crippen molar-refractivity contribution in [1.29, 1.82) is 0 Å². The highest BCUT2D eigenvalue weighted by molar-refractivity contribution is 5.94. The second-order valence-corrected chi connectivity index (χ2v) is 7.75. The number of amides is 3. The van der Waals surface area contributed by atoms with Crippen LogP contribution in [0.15, 0.2) is 0 Å². The molecule has 30 heavy (non-hydrogen) atoms. The van der Waals surface area contributed by atoms with Crippen LogP contribution in [0.25, 0.3) is 0 Å². The van der Waals surface area contributed by atoms with Gasteiger partial charge >= 0.3 is 5.97 Å². The molecule has 7 atom stereocenters. The minimum Gasteiger partial charge on any atom is -0.480 e. The lowest BCUT2D eigenvalue weighted by molar-refractivity contribution is -0.143. The highest BCUT2D eigenvalue weighted by atomic mass is 16.4. The van der Waals surface area contributed by atoms with Crippen LogP contribution in [-0.2, 0) is 19.2 Å². The Morgan fingerprint density at radius 3 is 1.47 bits per heavy atom. The number of aliphatic hydroxyl groups is 3. The van der Waals surface area contributed by atoms with Gasteiger partial charge in [0.05, 0.1) is 18.3 Å². The molecule has 0 bridgehead atoms. The number of hydrogen-bond donors (Lipinski definition) is 8. The molecule has 0 aromatic rings. The number of hydrogen-bond acceptors (Lipinski definition) is 8. The van der Waals surface area contributed by atoms with Crippen LogP contribution in [0.2, 0.25) is 0 Å². The molecule has 9 N–H and O–H groups in total. The van der Waals surface area contributed by atoms with E-state index in [-0.39, 0.29) is 12.3 Å². The van der Waals surface area contributed by atoms with Crippen molar-refractivity contribution in [3.8, 4) is 0 Å². The maximum absolute atomic E-state index is 12.5. The molecule has 7 unspecified atom stereocenters. The fourth-order valence-electron chi connectivity index (χ4n) is 2.48. The van der Waals surface area contributed by atoms with Crippen LogP contribution in [0.5, 0.6) is 0 Å². The Bertz CT molecular complexity index is 609. The summed E-state index contributed by atoms with van der Waals surface area (Å²) in [5, 5.41) is 45.0. The predicted octanol–water partition coefficient (Wildman–Crippen LogP) is -2.96. The second-order valence-electron chi connectivity index (χ2n) is 7.75. The highest BCUT2D eigenvalue weighted by Crippen LogP contribution is 2.07. The molecule has 0 aliphatic heterocycles. The summed E-state index contributed by atoms with van der Waals surface area (Å²) in [5.41, 5.74) is 5.49. The number of nitrogens with two attached hydrogens (primary N) is 1. The number of carbonyl (C=O) groups is 4. The Kier molecular flexibility index (Phi) is 11.5. The first-order valence-electron chi connectivity index (χ1n) is 9.62. The summed E-state index contributed by atoms with van der Waals surface area (Å²) in [6.07, 6.45) is -3.90. The molecule has 0 aliphatic carbocycles. The van der Waals surface area contributed by atoms with Gasteiger partial charge in [0.1, 0.15) is 24.2 Å². The van der Waals surface area contributed by atoms with Gasteiger partial charge in [-0.3, -0.25) is 14.4 Å². The quantitative estimate of drug-likeness (QED) is 0.157. The first kappa shape index (κ1) is 27.7. The lowest BCUT2D eigenvalue weighted by Crippen LogP contribution is -2.62. The number of aliphatic carboxylic acids is 1. The lowest BCUT2D eigenvalue weighted by Gasteiger charge is -2.28. The van der Waals surface area contributed by atoms with Crippen LogP contribution in [0.4, 0.5) is 0 Å². The summed E-state index contributed by atoms with van der Waals surface area (Å²) in [5.74, 6) is -4.17. The fraction of sp³-hybridized carbons (Fsp3) is 0.778. The lowest BCUT2D eigenvalue weighted by atomic mass is 10.0. The smallest absolute Gasteiger partial charge is 0.326 e. The first-order chi connectivity index (χ1) is 13.7. The predicted molar refractivity (Wildman–Crippen MR) is 106 cm³/mol.